The lowest BCUT2D eigenvalue weighted by Crippen LogP contribution is -2.40. The molecular weight excluding hydrogens is 405 g/mol. The standard InChI is InChI=1S/C23H31F3N4O/c1-15(2)18-6-5-7-19(16(3)4)22(18)27-21(31)14-29-11-8-17(9-12-29)30-13-10-20(28-30)23(24,25)26/h5-7,10,13,15-17H,8-9,11-12,14H2,1-4H3,(H,27,31). The van der Waals surface area contributed by atoms with E-state index in [1.54, 1.807) is 0 Å². The third-order valence-electron chi connectivity index (χ3n) is 5.83. The number of alkyl halides is 3. The van der Waals surface area contributed by atoms with E-state index in [4.69, 9.17) is 0 Å². The number of carbonyl (C=O) groups excluding carboxylic acids is 1. The number of likely N-dealkylation sites (tertiary alicyclic amines) is 1. The Kier molecular flexibility index (Phi) is 7.09. The van der Waals surface area contributed by atoms with Gasteiger partial charge in [0, 0.05) is 25.0 Å². The number of hydrogen-bond acceptors (Lipinski definition) is 3. The molecule has 2 heterocycles. The molecule has 1 amide bonds. The Hall–Kier alpha value is -2.35. The molecule has 0 unspecified atom stereocenters. The van der Waals surface area contributed by atoms with Crippen molar-refractivity contribution in [2.45, 2.75) is 64.6 Å². The van der Waals surface area contributed by atoms with E-state index in [-0.39, 0.29) is 18.5 Å². The summed E-state index contributed by atoms with van der Waals surface area (Å²) < 4.78 is 39.8. The van der Waals surface area contributed by atoms with Gasteiger partial charge in [-0.3, -0.25) is 14.4 Å². The first kappa shape index (κ1) is 23.3. The molecule has 0 spiro atoms. The zero-order valence-electron chi connectivity index (χ0n) is 18.5. The molecular formula is C23H31F3N4O. The second kappa shape index (κ2) is 9.42. The van der Waals surface area contributed by atoms with E-state index in [1.807, 2.05) is 11.0 Å². The van der Waals surface area contributed by atoms with E-state index in [9.17, 15) is 18.0 Å². The number of carbonyl (C=O) groups is 1. The third kappa shape index (κ3) is 5.67. The molecule has 1 aromatic heterocycles. The smallest absolute Gasteiger partial charge is 0.324 e. The lowest BCUT2D eigenvalue weighted by atomic mass is 9.92. The summed E-state index contributed by atoms with van der Waals surface area (Å²) in [6.07, 6.45) is -1.71. The summed E-state index contributed by atoms with van der Waals surface area (Å²) >= 11 is 0. The van der Waals surface area contributed by atoms with Gasteiger partial charge >= 0.3 is 6.18 Å². The van der Waals surface area contributed by atoms with Crippen molar-refractivity contribution in [2.75, 3.05) is 25.0 Å². The minimum Gasteiger partial charge on any atom is -0.324 e. The molecule has 3 rings (SSSR count). The van der Waals surface area contributed by atoms with Gasteiger partial charge < -0.3 is 5.32 Å². The minimum absolute atomic E-state index is 0.0631. The summed E-state index contributed by atoms with van der Waals surface area (Å²) in [5.41, 5.74) is 2.29. The monoisotopic (exact) mass is 436 g/mol. The highest BCUT2D eigenvalue weighted by atomic mass is 19.4. The van der Waals surface area contributed by atoms with Gasteiger partial charge in [-0.15, -0.1) is 0 Å². The van der Waals surface area contributed by atoms with Crippen LogP contribution in [0.15, 0.2) is 30.5 Å². The number of benzene rings is 1. The molecule has 31 heavy (non-hydrogen) atoms. The first-order valence-corrected chi connectivity index (χ1v) is 10.8. The predicted molar refractivity (Wildman–Crippen MR) is 115 cm³/mol. The highest BCUT2D eigenvalue weighted by Crippen LogP contribution is 2.33. The van der Waals surface area contributed by atoms with Crippen molar-refractivity contribution in [3.8, 4) is 0 Å². The van der Waals surface area contributed by atoms with Gasteiger partial charge in [0.05, 0.1) is 12.6 Å². The maximum absolute atomic E-state index is 12.8. The third-order valence-corrected chi connectivity index (χ3v) is 5.83. The van der Waals surface area contributed by atoms with Gasteiger partial charge in [-0.05, 0) is 41.9 Å². The predicted octanol–water partition coefficient (Wildman–Crippen LogP) is 5.42. The fourth-order valence-corrected chi connectivity index (χ4v) is 4.11. The van der Waals surface area contributed by atoms with Crippen LogP contribution in [0.1, 0.15) is 75.2 Å². The van der Waals surface area contributed by atoms with Crippen LogP contribution in [-0.2, 0) is 11.0 Å². The molecule has 0 atom stereocenters. The number of amides is 1. The molecule has 0 aliphatic carbocycles. The molecule has 1 saturated heterocycles. The van der Waals surface area contributed by atoms with Gasteiger partial charge in [0.15, 0.2) is 5.69 Å². The van der Waals surface area contributed by atoms with Gasteiger partial charge in [0.25, 0.3) is 0 Å². The average Bonchev–Trinajstić information content (AvgIpc) is 3.19. The second-order valence-corrected chi connectivity index (χ2v) is 8.86. The summed E-state index contributed by atoms with van der Waals surface area (Å²) in [6, 6.07) is 7.07. The molecule has 8 heteroatoms. The lowest BCUT2D eigenvalue weighted by molar-refractivity contribution is -0.141. The Balaban J connectivity index is 1.59. The molecule has 2 aromatic rings. The highest BCUT2D eigenvalue weighted by molar-refractivity contribution is 5.94. The van der Waals surface area contributed by atoms with E-state index >= 15 is 0 Å². The summed E-state index contributed by atoms with van der Waals surface area (Å²) in [7, 11) is 0. The number of hydrogen-bond donors (Lipinski definition) is 1. The normalized spacial score (nSPS) is 16.3. The number of nitrogens with one attached hydrogen (secondary N) is 1. The van der Waals surface area contributed by atoms with Crippen LogP contribution in [-0.4, -0.2) is 40.2 Å². The van der Waals surface area contributed by atoms with E-state index in [1.165, 1.54) is 10.9 Å². The van der Waals surface area contributed by atoms with Crippen LogP contribution in [0.3, 0.4) is 0 Å². The molecule has 1 aliphatic heterocycles. The molecule has 1 aromatic carbocycles. The van der Waals surface area contributed by atoms with Crippen LogP contribution in [0, 0.1) is 0 Å². The Morgan fingerprint density at radius 3 is 2.16 bits per heavy atom. The Bertz CT molecular complexity index is 870. The first-order valence-electron chi connectivity index (χ1n) is 10.8. The molecule has 0 saturated carbocycles. The fourth-order valence-electron chi connectivity index (χ4n) is 4.11. The molecule has 5 nitrogen and oxygen atoms in total. The fraction of sp³-hybridized carbons (Fsp3) is 0.565. The Morgan fingerprint density at radius 1 is 1.10 bits per heavy atom. The number of para-hydroxylation sites is 1. The lowest BCUT2D eigenvalue weighted by Gasteiger charge is -2.31. The zero-order chi connectivity index (χ0) is 22.8. The number of anilines is 1. The minimum atomic E-state index is -4.43. The van der Waals surface area contributed by atoms with Crippen molar-refractivity contribution in [2.24, 2.45) is 0 Å². The molecule has 0 radical (unpaired) electrons. The summed E-state index contributed by atoms with van der Waals surface area (Å²) in [4.78, 5) is 14.8. The molecule has 1 aliphatic rings. The average molecular weight is 437 g/mol. The summed E-state index contributed by atoms with van der Waals surface area (Å²) in [6.45, 7) is 9.99. The van der Waals surface area contributed by atoms with Gasteiger partial charge in [-0.25, -0.2) is 0 Å². The first-order chi connectivity index (χ1) is 14.6. The largest absolute Gasteiger partial charge is 0.435 e. The number of aromatic nitrogens is 2. The van der Waals surface area contributed by atoms with Crippen LogP contribution in [0.2, 0.25) is 0 Å². The van der Waals surface area contributed by atoms with Crippen LogP contribution in [0.5, 0.6) is 0 Å². The summed E-state index contributed by atoms with van der Waals surface area (Å²) in [5.74, 6) is 0.521. The van der Waals surface area contributed by atoms with Crippen LogP contribution >= 0.6 is 0 Å². The quantitative estimate of drug-likeness (QED) is 0.657. The Morgan fingerprint density at radius 2 is 1.68 bits per heavy atom. The summed E-state index contributed by atoms with van der Waals surface area (Å²) in [5, 5.41) is 6.82. The maximum atomic E-state index is 12.8. The number of nitrogens with zero attached hydrogens (tertiary/aromatic N) is 3. The van der Waals surface area contributed by atoms with E-state index in [0.29, 0.717) is 37.8 Å². The maximum Gasteiger partial charge on any atom is 0.435 e. The topological polar surface area (TPSA) is 50.2 Å². The number of piperidine rings is 1. The van der Waals surface area contributed by atoms with Crippen molar-refractivity contribution in [3.63, 3.8) is 0 Å². The van der Waals surface area contributed by atoms with Crippen molar-refractivity contribution in [1.82, 2.24) is 14.7 Å². The second-order valence-electron chi connectivity index (χ2n) is 8.86. The van der Waals surface area contributed by atoms with Crippen molar-refractivity contribution in [3.05, 3.63) is 47.3 Å². The van der Waals surface area contributed by atoms with E-state index < -0.39 is 11.9 Å². The van der Waals surface area contributed by atoms with Gasteiger partial charge in [-0.2, -0.15) is 18.3 Å². The van der Waals surface area contributed by atoms with E-state index in [0.717, 1.165) is 22.9 Å². The van der Waals surface area contributed by atoms with E-state index in [2.05, 4.69) is 50.2 Å². The zero-order valence-corrected chi connectivity index (χ0v) is 18.5. The van der Waals surface area contributed by atoms with Crippen LogP contribution < -0.4 is 5.32 Å². The van der Waals surface area contributed by atoms with Crippen LogP contribution in [0.4, 0.5) is 18.9 Å². The van der Waals surface area contributed by atoms with Crippen molar-refractivity contribution in [1.29, 1.82) is 0 Å². The number of halogens is 3. The van der Waals surface area contributed by atoms with Crippen LogP contribution in [0.25, 0.3) is 0 Å². The van der Waals surface area contributed by atoms with Gasteiger partial charge in [-0.1, -0.05) is 45.9 Å². The molecule has 0 bridgehead atoms. The molecule has 1 fully saturated rings. The van der Waals surface area contributed by atoms with Crippen molar-refractivity contribution >= 4 is 11.6 Å². The highest BCUT2D eigenvalue weighted by Gasteiger charge is 2.34. The number of rotatable bonds is 6. The van der Waals surface area contributed by atoms with Gasteiger partial charge in [0.1, 0.15) is 0 Å². The molecule has 170 valence electrons. The Labute approximate surface area is 181 Å². The SMILES string of the molecule is CC(C)c1cccc(C(C)C)c1NC(=O)CN1CCC(n2ccc(C(F)(F)F)n2)CC1. The van der Waals surface area contributed by atoms with Gasteiger partial charge in [0.2, 0.25) is 5.91 Å². The molecule has 1 N–H and O–H groups in total. The van der Waals surface area contributed by atoms with Crippen molar-refractivity contribution < 1.29 is 18.0 Å².